The predicted octanol–water partition coefficient (Wildman–Crippen LogP) is 4.38. The summed E-state index contributed by atoms with van der Waals surface area (Å²) >= 11 is 0. The monoisotopic (exact) mass is 362 g/mol. The summed E-state index contributed by atoms with van der Waals surface area (Å²) in [5.41, 5.74) is 0.108. The zero-order valence-electron chi connectivity index (χ0n) is 15.6. The lowest BCUT2D eigenvalue weighted by atomic mass is 9.76. The van der Waals surface area contributed by atoms with E-state index in [9.17, 15) is 14.0 Å². The second-order valence-corrected chi connectivity index (χ2v) is 7.84. The van der Waals surface area contributed by atoms with Gasteiger partial charge in [-0.15, -0.1) is 0 Å². The molecule has 5 heteroatoms. The first kappa shape index (κ1) is 18.9. The molecule has 0 aromatic heterocycles. The number of halogens is 1. The van der Waals surface area contributed by atoms with E-state index >= 15 is 0 Å². The standard InChI is InChI=1S/C21H27FO4/c1-14(2)25-19-8-7-15(11-18(19)22)9-10-21(16-5-3-4-6-16)13-17(23)12-20(24)26-21/h7-8,11,14,16H,3-6,9-10,12-13H2,1-2H3. The summed E-state index contributed by atoms with van der Waals surface area (Å²) in [4.78, 5) is 24.0. The third kappa shape index (κ3) is 4.25. The van der Waals surface area contributed by atoms with Gasteiger partial charge in [-0.25, -0.2) is 4.39 Å². The minimum atomic E-state index is -0.716. The van der Waals surface area contributed by atoms with Crippen LogP contribution in [-0.2, 0) is 20.7 Å². The van der Waals surface area contributed by atoms with Gasteiger partial charge in [-0.05, 0) is 63.1 Å². The van der Waals surface area contributed by atoms with Crippen LogP contribution in [0.25, 0.3) is 0 Å². The molecular formula is C21H27FO4. The van der Waals surface area contributed by atoms with Gasteiger partial charge in [-0.1, -0.05) is 18.9 Å². The molecular weight excluding hydrogens is 335 g/mol. The molecule has 1 aliphatic heterocycles. The van der Waals surface area contributed by atoms with E-state index in [1.807, 2.05) is 19.9 Å². The topological polar surface area (TPSA) is 52.6 Å². The van der Waals surface area contributed by atoms with Gasteiger partial charge in [0.15, 0.2) is 11.6 Å². The Morgan fingerprint density at radius 3 is 2.62 bits per heavy atom. The summed E-state index contributed by atoms with van der Waals surface area (Å²) in [7, 11) is 0. The van der Waals surface area contributed by atoms with Crippen LogP contribution >= 0.6 is 0 Å². The molecule has 1 aromatic rings. The number of Topliss-reactive ketones (excluding diaryl/α,β-unsaturated/α-hetero) is 1. The average molecular weight is 362 g/mol. The molecule has 1 saturated carbocycles. The molecule has 0 spiro atoms. The molecule has 1 unspecified atom stereocenters. The van der Waals surface area contributed by atoms with Crippen molar-refractivity contribution < 1.29 is 23.5 Å². The highest BCUT2D eigenvalue weighted by Crippen LogP contribution is 2.44. The van der Waals surface area contributed by atoms with E-state index in [0.717, 1.165) is 31.2 Å². The molecule has 4 nitrogen and oxygen atoms in total. The van der Waals surface area contributed by atoms with E-state index in [1.165, 1.54) is 6.07 Å². The largest absolute Gasteiger partial charge is 0.488 e. The third-order valence-corrected chi connectivity index (χ3v) is 5.45. The van der Waals surface area contributed by atoms with Crippen LogP contribution in [0.1, 0.15) is 64.4 Å². The Hall–Kier alpha value is -1.91. The summed E-state index contributed by atoms with van der Waals surface area (Å²) in [6.07, 6.45) is 5.38. The molecule has 1 saturated heterocycles. The number of benzene rings is 1. The molecule has 0 N–H and O–H groups in total. The van der Waals surface area contributed by atoms with Crippen molar-refractivity contribution in [2.45, 2.75) is 76.9 Å². The van der Waals surface area contributed by atoms with Gasteiger partial charge in [0, 0.05) is 6.42 Å². The van der Waals surface area contributed by atoms with Crippen molar-refractivity contribution in [3.05, 3.63) is 29.6 Å². The fraction of sp³-hybridized carbons (Fsp3) is 0.619. The van der Waals surface area contributed by atoms with E-state index < -0.39 is 11.6 Å². The van der Waals surface area contributed by atoms with Crippen molar-refractivity contribution in [3.8, 4) is 5.75 Å². The Labute approximate surface area is 154 Å². The van der Waals surface area contributed by atoms with Crippen molar-refractivity contribution in [1.82, 2.24) is 0 Å². The molecule has 0 bridgehead atoms. The van der Waals surface area contributed by atoms with Crippen LogP contribution < -0.4 is 4.74 Å². The molecule has 1 aliphatic carbocycles. The first-order chi connectivity index (χ1) is 12.4. The van der Waals surface area contributed by atoms with Gasteiger partial charge in [-0.2, -0.15) is 0 Å². The number of hydrogen-bond acceptors (Lipinski definition) is 4. The number of carbonyl (C=O) groups is 2. The molecule has 1 heterocycles. The molecule has 1 aromatic carbocycles. The van der Waals surface area contributed by atoms with Crippen LogP contribution in [-0.4, -0.2) is 23.5 Å². The maximum Gasteiger partial charge on any atom is 0.313 e. The van der Waals surface area contributed by atoms with Gasteiger partial charge in [0.25, 0.3) is 0 Å². The minimum Gasteiger partial charge on any atom is -0.488 e. The number of rotatable bonds is 6. The predicted molar refractivity (Wildman–Crippen MR) is 95.5 cm³/mol. The smallest absolute Gasteiger partial charge is 0.313 e. The highest BCUT2D eigenvalue weighted by atomic mass is 19.1. The Morgan fingerprint density at radius 1 is 1.27 bits per heavy atom. The van der Waals surface area contributed by atoms with Crippen molar-refractivity contribution >= 4 is 11.8 Å². The van der Waals surface area contributed by atoms with Crippen LogP contribution in [0.15, 0.2) is 18.2 Å². The zero-order chi connectivity index (χ0) is 18.7. The Kier molecular flexibility index (Phi) is 5.64. The van der Waals surface area contributed by atoms with Crippen LogP contribution in [0, 0.1) is 11.7 Å². The SMILES string of the molecule is CC(C)Oc1ccc(CCC2(C3CCCC3)CC(=O)CC(=O)O2)cc1F. The summed E-state index contributed by atoms with van der Waals surface area (Å²) in [5.74, 6) is -0.375. The molecule has 0 radical (unpaired) electrons. The highest BCUT2D eigenvalue weighted by Gasteiger charge is 2.47. The van der Waals surface area contributed by atoms with Gasteiger partial charge < -0.3 is 9.47 Å². The second-order valence-electron chi connectivity index (χ2n) is 7.84. The number of aryl methyl sites for hydroxylation is 1. The van der Waals surface area contributed by atoms with E-state index in [4.69, 9.17) is 9.47 Å². The number of ether oxygens (including phenoxy) is 2. The third-order valence-electron chi connectivity index (χ3n) is 5.45. The van der Waals surface area contributed by atoms with E-state index in [-0.39, 0.29) is 35.8 Å². The first-order valence-electron chi connectivity index (χ1n) is 9.56. The Bertz CT molecular complexity index is 661. The molecule has 3 rings (SSSR count). The summed E-state index contributed by atoms with van der Waals surface area (Å²) in [6, 6.07) is 4.97. The lowest BCUT2D eigenvalue weighted by molar-refractivity contribution is -0.178. The van der Waals surface area contributed by atoms with Gasteiger partial charge >= 0.3 is 5.97 Å². The maximum absolute atomic E-state index is 14.2. The summed E-state index contributed by atoms with van der Waals surface area (Å²) in [5, 5.41) is 0. The van der Waals surface area contributed by atoms with Crippen LogP contribution in [0.3, 0.4) is 0 Å². The quantitative estimate of drug-likeness (QED) is 0.557. The zero-order valence-corrected chi connectivity index (χ0v) is 15.6. The molecule has 1 atom stereocenters. The van der Waals surface area contributed by atoms with Gasteiger partial charge in [0.1, 0.15) is 17.8 Å². The molecule has 142 valence electrons. The average Bonchev–Trinajstić information content (AvgIpc) is 3.09. The fourth-order valence-corrected chi connectivity index (χ4v) is 4.28. The number of esters is 1. The first-order valence-corrected chi connectivity index (χ1v) is 9.56. The normalized spacial score (nSPS) is 24.2. The van der Waals surface area contributed by atoms with Gasteiger partial charge in [-0.3, -0.25) is 9.59 Å². The summed E-state index contributed by atoms with van der Waals surface area (Å²) < 4.78 is 25.4. The number of ketones is 1. The lowest BCUT2D eigenvalue weighted by Gasteiger charge is -2.41. The Morgan fingerprint density at radius 2 is 2.00 bits per heavy atom. The minimum absolute atomic E-state index is 0.0417. The van der Waals surface area contributed by atoms with Crippen molar-refractivity contribution in [2.24, 2.45) is 5.92 Å². The van der Waals surface area contributed by atoms with E-state index in [0.29, 0.717) is 19.3 Å². The molecule has 26 heavy (non-hydrogen) atoms. The lowest BCUT2D eigenvalue weighted by Crippen LogP contribution is -2.48. The van der Waals surface area contributed by atoms with Crippen LogP contribution in [0.2, 0.25) is 0 Å². The van der Waals surface area contributed by atoms with Crippen LogP contribution in [0.5, 0.6) is 5.75 Å². The number of hydrogen-bond donors (Lipinski definition) is 0. The van der Waals surface area contributed by atoms with Crippen molar-refractivity contribution in [2.75, 3.05) is 0 Å². The van der Waals surface area contributed by atoms with Gasteiger partial charge in [0.2, 0.25) is 0 Å². The fourth-order valence-electron chi connectivity index (χ4n) is 4.28. The molecule has 2 fully saturated rings. The number of cyclic esters (lactones) is 1. The molecule has 2 aliphatic rings. The number of carbonyl (C=O) groups excluding carboxylic acids is 2. The summed E-state index contributed by atoms with van der Waals surface area (Å²) in [6.45, 7) is 3.71. The van der Waals surface area contributed by atoms with Crippen LogP contribution in [0.4, 0.5) is 4.39 Å². The van der Waals surface area contributed by atoms with Crippen molar-refractivity contribution in [1.29, 1.82) is 0 Å². The Balaban J connectivity index is 1.74. The maximum atomic E-state index is 14.2. The molecule has 0 amide bonds. The highest BCUT2D eigenvalue weighted by molar-refractivity contribution is 5.98. The van der Waals surface area contributed by atoms with Gasteiger partial charge in [0.05, 0.1) is 6.10 Å². The van der Waals surface area contributed by atoms with Crippen molar-refractivity contribution in [3.63, 3.8) is 0 Å². The second kappa shape index (κ2) is 7.77. The van der Waals surface area contributed by atoms with E-state index in [1.54, 1.807) is 6.07 Å². The van der Waals surface area contributed by atoms with E-state index in [2.05, 4.69) is 0 Å².